The van der Waals surface area contributed by atoms with Crippen molar-refractivity contribution in [2.45, 2.75) is 25.3 Å². The highest BCUT2D eigenvalue weighted by Crippen LogP contribution is 2.12. The van der Waals surface area contributed by atoms with Crippen molar-refractivity contribution in [3.63, 3.8) is 0 Å². The van der Waals surface area contributed by atoms with Gasteiger partial charge in [-0.05, 0) is 25.3 Å². The quantitative estimate of drug-likeness (QED) is 0.665. The van der Waals surface area contributed by atoms with Gasteiger partial charge in [0.25, 0.3) is 0 Å². The van der Waals surface area contributed by atoms with Crippen molar-refractivity contribution >= 4 is 0 Å². The first-order valence-corrected chi connectivity index (χ1v) is 5.16. The van der Waals surface area contributed by atoms with Crippen LogP contribution in [0.15, 0.2) is 24.3 Å². The van der Waals surface area contributed by atoms with Gasteiger partial charge >= 0.3 is 0 Å². The van der Waals surface area contributed by atoms with Gasteiger partial charge in [-0.25, -0.2) is 0 Å². The lowest BCUT2D eigenvalue weighted by Crippen LogP contribution is -2.47. The zero-order valence-electron chi connectivity index (χ0n) is 9.11. The summed E-state index contributed by atoms with van der Waals surface area (Å²) in [4.78, 5) is 0. The Morgan fingerprint density at radius 2 is 1.67 bits per heavy atom. The molecular weight excluding hydrogens is 190 g/mol. The number of hydrogen-bond acceptors (Lipinski definition) is 3. The maximum Gasteiger partial charge on any atom is 0.0633 e. The molecule has 3 heteroatoms. The van der Waals surface area contributed by atoms with E-state index >= 15 is 0 Å². The first-order valence-electron chi connectivity index (χ1n) is 5.16. The predicted octanol–water partition coefficient (Wildman–Crippen LogP) is 0.610. The topological polar surface area (TPSA) is 66.5 Å². The van der Waals surface area contributed by atoms with Crippen LogP contribution in [0.4, 0.5) is 0 Å². The van der Waals surface area contributed by atoms with E-state index in [4.69, 9.17) is 15.9 Å². The van der Waals surface area contributed by atoms with E-state index in [9.17, 15) is 0 Å². The Balaban J connectivity index is 2.53. The van der Waals surface area contributed by atoms with Crippen molar-refractivity contribution in [3.8, 4) is 0 Å². The number of nitrogens with two attached hydrogens (primary N) is 1. The van der Waals surface area contributed by atoms with Crippen molar-refractivity contribution in [3.05, 3.63) is 35.4 Å². The summed E-state index contributed by atoms with van der Waals surface area (Å²) in [6, 6.07) is 8.19. The minimum absolute atomic E-state index is 0.185. The summed E-state index contributed by atoms with van der Waals surface area (Å²) in [5, 5.41) is 18.0. The van der Waals surface area contributed by atoms with Crippen LogP contribution in [0.5, 0.6) is 0 Å². The Morgan fingerprint density at radius 3 is 2.13 bits per heavy atom. The molecule has 0 unspecified atom stereocenters. The van der Waals surface area contributed by atoms with E-state index in [2.05, 4.69) is 0 Å². The van der Waals surface area contributed by atoms with Crippen LogP contribution in [-0.4, -0.2) is 29.0 Å². The van der Waals surface area contributed by atoms with E-state index in [1.54, 1.807) is 0 Å². The Kier molecular flexibility index (Phi) is 4.27. The third-order valence-electron chi connectivity index (χ3n) is 2.66. The molecule has 1 rings (SSSR count). The van der Waals surface area contributed by atoms with Crippen LogP contribution in [0.25, 0.3) is 0 Å². The second-order valence-electron chi connectivity index (χ2n) is 4.16. The van der Waals surface area contributed by atoms with E-state index in [1.165, 1.54) is 11.1 Å². The molecule has 0 radical (unpaired) electrons. The standard InChI is InChI=1S/C12H19NO2/c1-10-2-4-11(5-3-10)6-7-12(13,8-14)9-15/h2-5,14-15H,6-9,13H2,1H3. The number of hydrogen-bond donors (Lipinski definition) is 3. The van der Waals surface area contributed by atoms with Gasteiger partial charge in [-0.3, -0.25) is 0 Å². The van der Waals surface area contributed by atoms with Crippen LogP contribution in [-0.2, 0) is 6.42 Å². The molecule has 15 heavy (non-hydrogen) atoms. The Bertz CT molecular complexity index is 291. The molecule has 1 aromatic carbocycles. The van der Waals surface area contributed by atoms with Gasteiger partial charge in [0.15, 0.2) is 0 Å². The highest BCUT2D eigenvalue weighted by Gasteiger charge is 2.22. The largest absolute Gasteiger partial charge is 0.394 e. The zero-order valence-corrected chi connectivity index (χ0v) is 9.11. The number of benzene rings is 1. The van der Waals surface area contributed by atoms with E-state index in [0.717, 1.165) is 6.42 Å². The van der Waals surface area contributed by atoms with Crippen molar-refractivity contribution in [1.29, 1.82) is 0 Å². The number of aryl methyl sites for hydroxylation is 2. The molecule has 0 aliphatic heterocycles. The van der Waals surface area contributed by atoms with E-state index in [-0.39, 0.29) is 13.2 Å². The predicted molar refractivity (Wildman–Crippen MR) is 60.6 cm³/mol. The normalized spacial score (nSPS) is 11.7. The summed E-state index contributed by atoms with van der Waals surface area (Å²) < 4.78 is 0. The highest BCUT2D eigenvalue weighted by molar-refractivity contribution is 5.21. The summed E-state index contributed by atoms with van der Waals surface area (Å²) >= 11 is 0. The Labute approximate surface area is 90.5 Å². The van der Waals surface area contributed by atoms with E-state index < -0.39 is 5.54 Å². The van der Waals surface area contributed by atoms with Gasteiger partial charge in [0.2, 0.25) is 0 Å². The Hall–Kier alpha value is -0.900. The molecule has 3 nitrogen and oxygen atoms in total. The van der Waals surface area contributed by atoms with Gasteiger partial charge < -0.3 is 15.9 Å². The molecule has 0 saturated heterocycles. The third kappa shape index (κ3) is 3.63. The fourth-order valence-corrected chi connectivity index (χ4v) is 1.36. The van der Waals surface area contributed by atoms with Crippen LogP contribution in [0, 0.1) is 6.92 Å². The minimum atomic E-state index is -0.856. The summed E-state index contributed by atoms with van der Waals surface area (Å²) in [7, 11) is 0. The number of aliphatic hydroxyl groups is 2. The van der Waals surface area contributed by atoms with Gasteiger partial charge in [0.05, 0.1) is 18.8 Å². The molecular formula is C12H19NO2. The summed E-state index contributed by atoms with van der Waals surface area (Å²) in [5.74, 6) is 0. The molecule has 0 aliphatic carbocycles. The van der Waals surface area contributed by atoms with Gasteiger partial charge in [0, 0.05) is 0 Å². The highest BCUT2D eigenvalue weighted by atomic mass is 16.3. The van der Waals surface area contributed by atoms with Crippen molar-refractivity contribution in [2.24, 2.45) is 5.73 Å². The molecule has 0 saturated carbocycles. The minimum Gasteiger partial charge on any atom is -0.394 e. The smallest absolute Gasteiger partial charge is 0.0633 e. The van der Waals surface area contributed by atoms with Crippen molar-refractivity contribution in [1.82, 2.24) is 0 Å². The monoisotopic (exact) mass is 209 g/mol. The SMILES string of the molecule is Cc1ccc(CCC(N)(CO)CO)cc1. The molecule has 1 aromatic rings. The lowest BCUT2D eigenvalue weighted by atomic mass is 9.94. The molecule has 0 fully saturated rings. The second-order valence-corrected chi connectivity index (χ2v) is 4.16. The molecule has 4 N–H and O–H groups in total. The van der Waals surface area contributed by atoms with Crippen LogP contribution in [0.2, 0.25) is 0 Å². The summed E-state index contributed by atoms with van der Waals surface area (Å²) in [5.41, 5.74) is 7.32. The fraction of sp³-hybridized carbons (Fsp3) is 0.500. The molecule has 0 atom stereocenters. The first-order chi connectivity index (χ1) is 7.09. The summed E-state index contributed by atoms with van der Waals surface area (Å²) in [6.45, 7) is 1.67. The fourth-order valence-electron chi connectivity index (χ4n) is 1.36. The van der Waals surface area contributed by atoms with Gasteiger partial charge in [-0.1, -0.05) is 29.8 Å². The zero-order chi connectivity index (χ0) is 11.3. The second kappa shape index (κ2) is 5.26. The number of aliphatic hydroxyl groups excluding tert-OH is 2. The van der Waals surface area contributed by atoms with Crippen LogP contribution >= 0.6 is 0 Å². The molecule has 0 aliphatic rings. The molecule has 0 spiro atoms. The number of rotatable bonds is 5. The Morgan fingerprint density at radius 1 is 1.13 bits per heavy atom. The first kappa shape index (κ1) is 12.2. The molecule has 0 bridgehead atoms. The lowest BCUT2D eigenvalue weighted by Gasteiger charge is -2.24. The molecule has 0 heterocycles. The molecule has 0 amide bonds. The maximum atomic E-state index is 9.02. The van der Waals surface area contributed by atoms with E-state index in [0.29, 0.717) is 6.42 Å². The third-order valence-corrected chi connectivity index (χ3v) is 2.66. The van der Waals surface area contributed by atoms with E-state index in [1.807, 2.05) is 31.2 Å². The molecule has 0 aromatic heterocycles. The lowest BCUT2D eigenvalue weighted by molar-refractivity contribution is 0.115. The van der Waals surface area contributed by atoms with Gasteiger partial charge in [-0.15, -0.1) is 0 Å². The summed E-state index contributed by atoms with van der Waals surface area (Å²) in [6.07, 6.45) is 1.36. The van der Waals surface area contributed by atoms with Gasteiger partial charge in [-0.2, -0.15) is 0 Å². The van der Waals surface area contributed by atoms with Crippen LogP contribution in [0.1, 0.15) is 17.5 Å². The average molecular weight is 209 g/mol. The van der Waals surface area contributed by atoms with Crippen molar-refractivity contribution in [2.75, 3.05) is 13.2 Å². The van der Waals surface area contributed by atoms with Crippen molar-refractivity contribution < 1.29 is 10.2 Å². The average Bonchev–Trinajstić information content (AvgIpc) is 2.28. The molecule has 84 valence electrons. The maximum absolute atomic E-state index is 9.02. The van der Waals surface area contributed by atoms with Crippen LogP contribution in [0.3, 0.4) is 0 Å². The van der Waals surface area contributed by atoms with Crippen LogP contribution < -0.4 is 5.73 Å². The van der Waals surface area contributed by atoms with Gasteiger partial charge in [0.1, 0.15) is 0 Å².